The molecule has 0 fully saturated rings. The van der Waals surface area contributed by atoms with Crippen LogP contribution in [0.25, 0.3) is 0 Å². The lowest BCUT2D eigenvalue weighted by molar-refractivity contribution is 0.152. The van der Waals surface area contributed by atoms with Crippen LogP contribution in [-0.2, 0) is 34.1 Å². The third-order valence-electron chi connectivity index (χ3n) is 0.505. The lowest BCUT2D eigenvalue weighted by atomic mass is 10.9. The zero-order chi connectivity index (χ0) is 14.5. The van der Waals surface area contributed by atoms with Crippen molar-refractivity contribution in [2.45, 2.75) is 13.8 Å². The van der Waals surface area contributed by atoms with Crippen LogP contribution in [0.2, 0.25) is 0 Å². The van der Waals surface area contributed by atoms with E-state index in [1.165, 1.54) is 0 Å². The number of rotatable bonds is 4. The van der Waals surface area contributed by atoms with Crippen molar-refractivity contribution in [2.75, 3.05) is 13.2 Å². The molecule has 0 saturated heterocycles. The zero-order valence-electron chi connectivity index (χ0n) is 9.14. The first-order chi connectivity index (χ1) is 7.54. The van der Waals surface area contributed by atoms with Crippen LogP contribution in [0.4, 0.5) is 0 Å². The highest BCUT2D eigenvalue weighted by Gasteiger charge is 2.15. The summed E-state index contributed by atoms with van der Waals surface area (Å²) < 4.78 is 55.6. The highest BCUT2D eigenvalue weighted by molar-refractivity contribution is 7.94. The van der Waals surface area contributed by atoms with Crippen molar-refractivity contribution in [3.05, 3.63) is 0 Å². The third kappa shape index (κ3) is 49.9. The SMILES string of the molecule is CCON.CCON.O=S(=O)(O)OS(=O)(=O)O. The summed E-state index contributed by atoms with van der Waals surface area (Å²) in [6.07, 6.45) is 0. The molecule has 0 amide bonds. The summed E-state index contributed by atoms with van der Waals surface area (Å²) in [5.41, 5.74) is 0. The van der Waals surface area contributed by atoms with Crippen LogP contribution in [0.1, 0.15) is 13.8 Å². The van der Waals surface area contributed by atoms with Gasteiger partial charge in [0, 0.05) is 0 Å². The molecular formula is C4H16N2O9S2. The molecule has 0 aliphatic heterocycles. The first-order valence-corrected chi connectivity index (χ1v) is 6.56. The van der Waals surface area contributed by atoms with Gasteiger partial charge in [0.05, 0.1) is 13.2 Å². The van der Waals surface area contributed by atoms with Crippen LogP contribution in [0.5, 0.6) is 0 Å². The maximum Gasteiger partial charge on any atom is 0.413 e. The molecule has 0 spiro atoms. The molecular weight excluding hydrogens is 284 g/mol. The molecule has 0 rings (SSSR count). The number of hydrogen-bond donors (Lipinski definition) is 4. The Morgan fingerprint density at radius 2 is 1.06 bits per heavy atom. The Morgan fingerprint density at radius 3 is 1.06 bits per heavy atom. The predicted molar refractivity (Wildman–Crippen MR) is 55.8 cm³/mol. The topological polar surface area (TPSA) is 188 Å². The smallest absolute Gasteiger partial charge is 0.305 e. The predicted octanol–water partition coefficient (Wildman–Crippen LogP) is -1.60. The molecule has 17 heavy (non-hydrogen) atoms. The van der Waals surface area contributed by atoms with Crippen LogP contribution in [0, 0.1) is 0 Å². The van der Waals surface area contributed by atoms with Gasteiger partial charge in [0.1, 0.15) is 0 Å². The van der Waals surface area contributed by atoms with E-state index in [0.717, 1.165) is 0 Å². The van der Waals surface area contributed by atoms with Crippen LogP contribution < -0.4 is 11.8 Å². The van der Waals surface area contributed by atoms with E-state index in [-0.39, 0.29) is 0 Å². The van der Waals surface area contributed by atoms with E-state index in [9.17, 15) is 16.8 Å². The van der Waals surface area contributed by atoms with Gasteiger partial charge in [-0.3, -0.25) is 9.11 Å². The monoisotopic (exact) mass is 300 g/mol. The van der Waals surface area contributed by atoms with Crippen molar-refractivity contribution in [3.63, 3.8) is 0 Å². The highest BCUT2D eigenvalue weighted by Crippen LogP contribution is 1.91. The van der Waals surface area contributed by atoms with E-state index >= 15 is 0 Å². The Bertz CT molecular complexity index is 298. The average molecular weight is 300 g/mol. The van der Waals surface area contributed by atoms with Crippen molar-refractivity contribution in [2.24, 2.45) is 11.8 Å². The molecule has 0 unspecified atom stereocenters. The summed E-state index contributed by atoms with van der Waals surface area (Å²) in [5.74, 6) is 9.06. The van der Waals surface area contributed by atoms with Gasteiger partial charge in [-0.05, 0) is 13.8 Å². The fraction of sp³-hybridized carbons (Fsp3) is 1.00. The average Bonchev–Trinajstić information content (AvgIpc) is 2.13. The summed E-state index contributed by atoms with van der Waals surface area (Å²) in [6, 6.07) is 0. The lowest BCUT2D eigenvalue weighted by Crippen LogP contribution is -2.10. The molecule has 0 aliphatic rings. The summed E-state index contributed by atoms with van der Waals surface area (Å²) in [7, 11) is -10.2. The maximum absolute atomic E-state index is 9.44. The molecule has 0 aromatic carbocycles. The molecule has 0 aromatic rings. The Balaban J connectivity index is -0.000000205. The highest BCUT2D eigenvalue weighted by atomic mass is 32.3. The van der Waals surface area contributed by atoms with Gasteiger partial charge in [-0.25, -0.2) is 11.8 Å². The third-order valence-corrected chi connectivity index (χ3v) is 1.88. The van der Waals surface area contributed by atoms with Gasteiger partial charge in [0.25, 0.3) is 0 Å². The molecule has 0 heterocycles. The first kappa shape index (κ1) is 21.9. The number of nitrogens with two attached hydrogens (primary N) is 2. The van der Waals surface area contributed by atoms with E-state index in [0.29, 0.717) is 13.2 Å². The largest absolute Gasteiger partial charge is 0.413 e. The minimum atomic E-state index is -5.12. The molecule has 0 radical (unpaired) electrons. The van der Waals surface area contributed by atoms with Crippen molar-refractivity contribution in [1.29, 1.82) is 0 Å². The molecule has 0 atom stereocenters. The fourth-order valence-electron chi connectivity index (χ4n) is 0.109. The van der Waals surface area contributed by atoms with Crippen molar-refractivity contribution in [3.8, 4) is 0 Å². The van der Waals surface area contributed by atoms with Crippen molar-refractivity contribution >= 4 is 20.8 Å². The van der Waals surface area contributed by atoms with Gasteiger partial charge in [-0.2, -0.15) is 16.8 Å². The van der Waals surface area contributed by atoms with Gasteiger partial charge in [-0.1, -0.05) is 0 Å². The van der Waals surface area contributed by atoms with Crippen molar-refractivity contribution < 1.29 is 39.2 Å². The summed E-state index contributed by atoms with van der Waals surface area (Å²) in [5, 5.41) is 0. The molecule has 0 saturated carbocycles. The van der Waals surface area contributed by atoms with Crippen LogP contribution >= 0.6 is 0 Å². The quantitative estimate of drug-likeness (QED) is 0.345. The van der Waals surface area contributed by atoms with Gasteiger partial charge in [-0.15, -0.1) is 3.63 Å². The summed E-state index contributed by atoms with van der Waals surface area (Å²) >= 11 is 0. The lowest BCUT2D eigenvalue weighted by Gasteiger charge is -1.89. The van der Waals surface area contributed by atoms with E-state index in [2.05, 4.69) is 25.1 Å². The van der Waals surface area contributed by atoms with Crippen LogP contribution in [-0.4, -0.2) is 39.2 Å². The molecule has 0 bridgehead atoms. The Labute approximate surface area is 99.4 Å². The van der Waals surface area contributed by atoms with Gasteiger partial charge in [0.2, 0.25) is 0 Å². The second-order valence-electron chi connectivity index (χ2n) is 1.83. The summed E-state index contributed by atoms with van der Waals surface area (Å²) in [6.45, 7) is 4.86. The first-order valence-electron chi connectivity index (χ1n) is 3.83. The molecule has 108 valence electrons. The minimum Gasteiger partial charge on any atom is -0.305 e. The van der Waals surface area contributed by atoms with E-state index in [1.807, 2.05) is 13.8 Å². The minimum absolute atomic E-state index is 0.597. The Hall–Kier alpha value is -0.380. The Kier molecular flexibility index (Phi) is 15.5. The number of hydrogen-bond acceptors (Lipinski definition) is 9. The normalized spacial score (nSPS) is 10.7. The molecule has 6 N–H and O–H groups in total. The van der Waals surface area contributed by atoms with Crippen LogP contribution in [0.3, 0.4) is 0 Å². The molecule has 0 aromatic heterocycles. The second-order valence-corrected chi connectivity index (χ2v) is 4.09. The zero-order valence-corrected chi connectivity index (χ0v) is 10.8. The summed E-state index contributed by atoms with van der Waals surface area (Å²) in [4.78, 5) is 8.08. The van der Waals surface area contributed by atoms with Gasteiger partial charge < -0.3 is 9.68 Å². The molecule has 11 nitrogen and oxygen atoms in total. The van der Waals surface area contributed by atoms with Crippen LogP contribution in [0.15, 0.2) is 0 Å². The van der Waals surface area contributed by atoms with Gasteiger partial charge in [0.15, 0.2) is 0 Å². The molecule has 0 aliphatic carbocycles. The standard InChI is InChI=1S/2C2H7NO.H2O7S2/c2*1-2-4-3;1-8(2,3)7-9(4,5)6/h2*2-3H2,1H3;(H,1,2,3)(H,4,5,6). The van der Waals surface area contributed by atoms with E-state index in [4.69, 9.17) is 9.11 Å². The fourth-order valence-corrected chi connectivity index (χ4v) is 0.978. The van der Waals surface area contributed by atoms with Gasteiger partial charge >= 0.3 is 20.8 Å². The Morgan fingerprint density at radius 1 is 0.882 bits per heavy atom. The molecule has 13 heteroatoms. The maximum atomic E-state index is 9.44. The second kappa shape index (κ2) is 12.1. The van der Waals surface area contributed by atoms with E-state index < -0.39 is 20.8 Å². The van der Waals surface area contributed by atoms with Crippen molar-refractivity contribution in [1.82, 2.24) is 0 Å². The van der Waals surface area contributed by atoms with E-state index in [1.54, 1.807) is 0 Å².